The number of amides is 1. The summed E-state index contributed by atoms with van der Waals surface area (Å²) in [6, 6.07) is 11.2. The Balaban J connectivity index is 1.67. The third-order valence-corrected chi connectivity index (χ3v) is 6.37. The minimum atomic E-state index is -0.319. The molecule has 1 atom stereocenters. The van der Waals surface area contributed by atoms with E-state index in [1.807, 2.05) is 54.2 Å². The lowest BCUT2D eigenvalue weighted by Gasteiger charge is -2.19. The van der Waals surface area contributed by atoms with E-state index in [1.54, 1.807) is 36.4 Å². The molecule has 0 aliphatic rings. The van der Waals surface area contributed by atoms with Crippen molar-refractivity contribution in [2.45, 2.75) is 11.8 Å². The normalized spacial score (nSPS) is 12.0. The number of nitrogens with zero attached hydrogens (tertiary/aromatic N) is 2. The Kier molecular flexibility index (Phi) is 6.82. The molecule has 1 aromatic carbocycles. The molecule has 1 amide bonds. The minimum Gasteiger partial charge on any atom is -0.497 e. The van der Waals surface area contributed by atoms with Gasteiger partial charge in [-0.1, -0.05) is 23.7 Å². The molecule has 2 aromatic heterocycles. The number of carbonyl (C=O) groups excluding carboxylic acids is 1. The van der Waals surface area contributed by atoms with E-state index < -0.39 is 0 Å². The van der Waals surface area contributed by atoms with Crippen LogP contribution < -0.4 is 10.1 Å². The zero-order chi connectivity index (χ0) is 19.2. The summed E-state index contributed by atoms with van der Waals surface area (Å²) in [4.78, 5) is 18.1. The van der Waals surface area contributed by atoms with Crippen molar-refractivity contribution >= 4 is 40.6 Å². The van der Waals surface area contributed by atoms with Crippen LogP contribution in [0.25, 0.3) is 0 Å². The van der Waals surface area contributed by atoms with Crippen LogP contribution in [0.1, 0.15) is 22.3 Å². The van der Waals surface area contributed by atoms with Gasteiger partial charge in [-0.25, -0.2) is 4.98 Å². The van der Waals surface area contributed by atoms with E-state index in [4.69, 9.17) is 16.3 Å². The lowest BCUT2D eigenvalue weighted by atomic mass is 10.1. The molecule has 3 aromatic rings. The summed E-state index contributed by atoms with van der Waals surface area (Å²) in [5.41, 5.74) is 0.952. The first-order chi connectivity index (χ1) is 13.1. The van der Waals surface area contributed by atoms with E-state index in [9.17, 15) is 4.79 Å². The van der Waals surface area contributed by atoms with Crippen molar-refractivity contribution in [3.05, 3.63) is 69.4 Å². The molecule has 0 saturated heterocycles. The van der Waals surface area contributed by atoms with Crippen LogP contribution in [0.15, 0.2) is 48.8 Å². The lowest BCUT2D eigenvalue weighted by Crippen LogP contribution is -2.32. The lowest BCUT2D eigenvalue weighted by molar-refractivity contribution is -0.119. The molecule has 2 heterocycles. The number of aromatic nitrogens is 2. The minimum absolute atomic E-state index is 0.0357. The Morgan fingerprint density at radius 2 is 2.11 bits per heavy atom. The fraction of sp³-hybridized carbons (Fsp3) is 0.263. The van der Waals surface area contributed by atoms with Crippen LogP contribution in [0.4, 0.5) is 0 Å². The molecule has 8 heteroatoms. The number of ether oxygens (including phenoxy) is 1. The summed E-state index contributed by atoms with van der Waals surface area (Å²) in [5, 5.41) is 3.10. The maximum atomic E-state index is 12.5. The third-order valence-electron chi connectivity index (χ3n) is 3.98. The van der Waals surface area contributed by atoms with E-state index in [1.165, 1.54) is 0 Å². The van der Waals surface area contributed by atoms with Gasteiger partial charge in [0.05, 0.1) is 17.2 Å². The number of rotatable bonds is 8. The summed E-state index contributed by atoms with van der Waals surface area (Å²) < 4.78 is 7.90. The summed E-state index contributed by atoms with van der Waals surface area (Å²) >= 11 is 9.05. The van der Waals surface area contributed by atoms with E-state index >= 15 is 0 Å². The van der Waals surface area contributed by atoms with Crippen LogP contribution in [0, 0.1) is 0 Å². The highest BCUT2D eigenvalue weighted by Crippen LogP contribution is 2.26. The number of benzene rings is 1. The Hall–Kier alpha value is -1.96. The summed E-state index contributed by atoms with van der Waals surface area (Å²) in [6.07, 6.45) is 3.60. The average molecular weight is 422 g/mol. The fourth-order valence-electron chi connectivity index (χ4n) is 2.62. The molecule has 3 rings (SSSR count). The second kappa shape index (κ2) is 9.30. The van der Waals surface area contributed by atoms with Gasteiger partial charge in [-0.05, 0) is 29.8 Å². The standard InChI is InChI=1S/C19H20ClN3O2S2/c1-23-10-9-21-19(23)18(13-3-5-14(25-2)6-4-13)22-17(24)12-26-11-15-7-8-16(20)27-15/h3-10,18H,11-12H2,1-2H3,(H,22,24)/t18-/m0/s1. The highest BCUT2D eigenvalue weighted by Gasteiger charge is 2.20. The fourth-order valence-corrected chi connectivity index (χ4v) is 4.66. The topological polar surface area (TPSA) is 56.1 Å². The second-order valence-electron chi connectivity index (χ2n) is 5.87. The highest BCUT2D eigenvalue weighted by atomic mass is 35.5. The predicted molar refractivity (Wildman–Crippen MR) is 112 cm³/mol. The Morgan fingerprint density at radius 3 is 2.70 bits per heavy atom. The number of hydrogen-bond donors (Lipinski definition) is 1. The molecule has 5 nitrogen and oxygen atoms in total. The van der Waals surface area contributed by atoms with Gasteiger partial charge >= 0.3 is 0 Å². The molecule has 0 aliphatic carbocycles. The molecule has 0 spiro atoms. The number of imidazole rings is 1. The second-order valence-corrected chi connectivity index (χ2v) is 8.65. The molecule has 27 heavy (non-hydrogen) atoms. The largest absolute Gasteiger partial charge is 0.497 e. The van der Waals surface area contributed by atoms with Gasteiger partial charge in [-0.3, -0.25) is 4.79 Å². The van der Waals surface area contributed by atoms with E-state index in [-0.39, 0.29) is 11.9 Å². The number of aryl methyl sites for hydroxylation is 1. The van der Waals surface area contributed by atoms with Crippen LogP contribution >= 0.6 is 34.7 Å². The first-order valence-corrected chi connectivity index (χ1v) is 10.6. The number of hydrogen-bond acceptors (Lipinski definition) is 5. The van der Waals surface area contributed by atoms with Crippen molar-refractivity contribution in [2.75, 3.05) is 12.9 Å². The Labute approximate surface area is 171 Å². The van der Waals surface area contributed by atoms with Gasteiger partial charge in [0.2, 0.25) is 5.91 Å². The van der Waals surface area contributed by atoms with Gasteiger partial charge in [-0.2, -0.15) is 0 Å². The average Bonchev–Trinajstić information content (AvgIpc) is 3.28. The Morgan fingerprint density at radius 1 is 1.33 bits per heavy atom. The quantitative estimate of drug-likeness (QED) is 0.589. The van der Waals surface area contributed by atoms with Crippen LogP contribution in [0.3, 0.4) is 0 Å². The van der Waals surface area contributed by atoms with Crippen molar-refractivity contribution in [1.29, 1.82) is 0 Å². The smallest absolute Gasteiger partial charge is 0.230 e. The maximum absolute atomic E-state index is 12.5. The third kappa shape index (κ3) is 5.28. The Bertz CT molecular complexity index is 893. The molecule has 0 radical (unpaired) electrons. The predicted octanol–water partition coefficient (Wildman–Crippen LogP) is 4.28. The van der Waals surface area contributed by atoms with E-state index in [0.717, 1.165) is 32.1 Å². The van der Waals surface area contributed by atoms with Crippen molar-refractivity contribution in [3.8, 4) is 5.75 Å². The van der Waals surface area contributed by atoms with Gasteiger partial charge in [0.25, 0.3) is 0 Å². The van der Waals surface area contributed by atoms with Crippen molar-refractivity contribution < 1.29 is 9.53 Å². The van der Waals surface area contributed by atoms with E-state index in [0.29, 0.717) is 5.75 Å². The molecular weight excluding hydrogens is 402 g/mol. The van der Waals surface area contributed by atoms with Crippen LogP contribution in [-0.2, 0) is 17.6 Å². The molecule has 0 fully saturated rings. The molecule has 1 N–H and O–H groups in total. The number of halogens is 1. The van der Waals surface area contributed by atoms with Crippen LogP contribution in [0.5, 0.6) is 5.75 Å². The van der Waals surface area contributed by atoms with Crippen LogP contribution in [0.2, 0.25) is 4.34 Å². The van der Waals surface area contributed by atoms with Crippen molar-refractivity contribution in [1.82, 2.24) is 14.9 Å². The number of carbonyl (C=O) groups is 1. The van der Waals surface area contributed by atoms with Gasteiger partial charge in [0.15, 0.2) is 0 Å². The molecule has 0 saturated carbocycles. The summed E-state index contributed by atoms with van der Waals surface area (Å²) in [5.74, 6) is 2.65. The zero-order valence-corrected chi connectivity index (χ0v) is 17.4. The molecule has 0 aliphatic heterocycles. The highest BCUT2D eigenvalue weighted by molar-refractivity contribution is 7.99. The van der Waals surface area contributed by atoms with Crippen LogP contribution in [-0.4, -0.2) is 28.3 Å². The molecule has 142 valence electrons. The maximum Gasteiger partial charge on any atom is 0.230 e. The van der Waals surface area contributed by atoms with E-state index in [2.05, 4.69) is 10.3 Å². The SMILES string of the molecule is COc1ccc([C@H](NC(=O)CSCc2ccc(Cl)s2)c2nccn2C)cc1. The van der Waals surface area contributed by atoms with Gasteiger partial charge < -0.3 is 14.6 Å². The van der Waals surface area contributed by atoms with Crippen molar-refractivity contribution in [2.24, 2.45) is 7.05 Å². The number of nitrogens with one attached hydrogen (secondary N) is 1. The zero-order valence-electron chi connectivity index (χ0n) is 15.0. The first-order valence-electron chi connectivity index (χ1n) is 8.29. The molecule has 0 bridgehead atoms. The van der Waals surface area contributed by atoms with Gasteiger partial charge in [-0.15, -0.1) is 23.1 Å². The molecule has 0 unspecified atom stereocenters. The summed E-state index contributed by atoms with van der Waals surface area (Å²) in [6.45, 7) is 0. The van der Waals surface area contributed by atoms with Gasteiger partial charge in [0, 0.05) is 30.1 Å². The van der Waals surface area contributed by atoms with Crippen molar-refractivity contribution in [3.63, 3.8) is 0 Å². The molecular formula is C19H20ClN3O2S2. The summed E-state index contributed by atoms with van der Waals surface area (Å²) in [7, 11) is 3.55. The number of thioether (sulfide) groups is 1. The van der Waals surface area contributed by atoms with Gasteiger partial charge in [0.1, 0.15) is 17.6 Å². The first kappa shape index (κ1) is 19.8. The number of thiophene rings is 1. The number of methoxy groups -OCH3 is 1. The monoisotopic (exact) mass is 421 g/mol.